The van der Waals surface area contributed by atoms with Crippen LogP contribution in [0, 0.1) is 5.92 Å². The first-order valence-electron chi connectivity index (χ1n) is 10.6. The molecule has 3 N–H and O–H groups in total. The Hall–Kier alpha value is -0.950. The summed E-state index contributed by atoms with van der Waals surface area (Å²) in [5.74, 6) is 1.43. The number of halogens is 1. The lowest BCUT2D eigenvalue weighted by atomic mass is 10.0. The van der Waals surface area contributed by atoms with Crippen molar-refractivity contribution in [3.63, 3.8) is 0 Å². The topological polar surface area (TPSA) is 95.1 Å². The van der Waals surface area contributed by atoms with Crippen LogP contribution >= 0.6 is 24.0 Å². The molecule has 0 unspecified atom stereocenters. The molecule has 8 nitrogen and oxygen atoms in total. The molecule has 1 aromatic carbocycles. The van der Waals surface area contributed by atoms with Gasteiger partial charge in [-0.15, -0.1) is 24.0 Å². The molecule has 178 valence electrons. The standard InChI is InChI=1S/C21H37N5O3S.HI/c1-17(2)16-26-11-8-19(9-12-26)25-21(22-3)23-15-18-6-5-7-20(14-18)30(27,28)24-10-13-29-4;/h5-7,14,17,19,24H,8-13,15-16H2,1-4H3,(H2,22,23,25);1H. The molecule has 1 aliphatic heterocycles. The van der Waals surface area contributed by atoms with Gasteiger partial charge in [0, 0.05) is 52.9 Å². The molecule has 0 atom stereocenters. The maximum absolute atomic E-state index is 12.4. The SMILES string of the molecule is CN=C(NCc1cccc(S(=O)(=O)NCCOC)c1)NC1CCN(CC(C)C)CC1.I. The normalized spacial score (nSPS) is 16.2. The number of hydrogen-bond donors (Lipinski definition) is 3. The molecule has 1 saturated heterocycles. The summed E-state index contributed by atoms with van der Waals surface area (Å²) in [7, 11) is -0.252. The molecule has 0 aromatic heterocycles. The molecule has 1 fully saturated rings. The van der Waals surface area contributed by atoms with Crippen molar-refractivity contribution in [2.24, 2.45) is 10.9 Å². The largest absolute Gasteiger partial charge is 0.383 e. The minimum atomic E-state index is -3.54. The lowest BCUT2D eigenvalue weighted by Crippen LogP contribution is -2.49. The van der Waals surface area contributed by atoms with E-state index < -0.39 is 10.0 Å². The number of nitrogens with zero attached hydrogens (tertiary/aromatic N) is 2. The molecule has 10 heteroatoms. The molecule has 1 heterocycles. The average Bonchev–Trinajstić information content (AvgIpc) is 2.72. The number of benzene rings is 1. The van der Waals surface area contributed by atoms with Gasteiger partial charge in [-0.2, -0.15) is 0 Å². The Balaban J connectivity index is 0.00000480. The van der Waals surface area contributed by atoms with Crippen LogP contribution in [0.1, 0.15) is 32.3 Å². The maximum Gasteiger partial charge on any atom is 0.240 e. The van der Waals surface area contributed by atoms with Crippen LogP contribution in [0.5, 0.6) is 0 Å². The number of nitrogens with one attached hydrogen (secondary N) is 3. The third-order valence-electron chi connectivity index (χ3n) is 5.04. The Morgan fingerprint density at radius 1 is 1.29 bits per heavy atom. The number of likely N-dealkylation sites (tertiary alicyclic amines) is 1. The Bertz CT molecular complexity index is 781. The molecule has 0 saturated carbocycles. The van der Waals surface area contributed by atoms with Crippen molar-refractivity contribution >= 4 is 40.0 Å². The summed E-state index contributed by atoms with van der Waals surface area (Å²) < 4.78 is 32.2. The van der Waals surface area contributed by atoms with Gasteiger partial charge in [0.1, 0.15) is 0 Å². The fourth-order valence-electron chi connectivity index (χ4n) is 3.53. The van der Waals surface area contributed by atoms with E-state index in [0.717, 1.165) is 44.0 Å². The zero-order valence-corrected chi connectivity index (χ0v) is 22.2. The van der Waals surface area contributed by atoms with Crippen molar-refractivity contribution in [3.8, 4) is 0 Å². The van der Waals surface area contributed by atoms with Gasteiger partial charge in [-0.05, 0) is 36.5 Å². The molecule has 0 aliphatic carbocycles. The van der Waals surface area contributed by atoms with Crippen LogP contribution in [0.3, 0.4) is 0 Å². The average molecular weight is 568 g/mol. The first-order valence-corrected chi connectivity index (χ1v) is 12.1. The second-order valence-electron chi connectivity index (χ2n) is 8.08. The van der Waals surface area contributed by atoms with Crippen LogP contribution in [0.4, 0.5) is 0 Å². The van der Waals surface area contributed by atoms with Gasteiger partial charge in [-0.25, -0.2) is 13.1 Å². The molecule has 0 amide bonds. The maximum atomic E-state index is 12.4. The number of ether oxygens (including phenoxy) is 1. The van der Waals surface area contributed by atoms with Crippen LogP contribution < -0.4 is 15.4 Å². The van der Waals surface area contributed by atoms with Gasteiger partial charge in [0.15, 0.2) is 5.96 Å². The van der Waals surface area contributed by atoms with Crippen molar-refractivity contribution in [1.29, 1.82) is 0 Å². The molecule has 1 aliphatic rings. The Kier molecular flexibility index (Phi) is 12.9. The van der Waals surface area contributed by atoms with Crippen LogP contribution in [0.15, 0.2) is 34.2 Å². The summed E-state index contributed by atoms with van der Waals surface area (Å²) in [6, 6.07) is 7.33. The smallest absolute Gasteiger partial charge is 0.240 e. The number of methoxy groups -OCH3 is 1. The predicted molar refractivity (Wildman–Crippen MR) is 137 cm³/mol. The van der Waals surface area contributed by atoms with E-state index in [-0.39, 0.29) is 35.4 Å². The first-order chi connectivity index (χ1) is 14.3. The monoisotopic (exact) mass is 567 g/mol. The van der Waals surface area contributed by atoms with Crippen LogP contribution in [0.25, 0.3) is 0 Å². The molecule has 31 heavy (non-hydrogen) atoms. The highest BCUT2D eigenvalue weighted by molar-refractivity contribution is 14.0. The fourth-order valence-corrected chi connectivity index (χ4v) is 4.62. The highest BCUT2D eigenvalue weighted by Crippen LogP contribution is 2.13. The van der Waals surface area contributed by atoms with Gasteiger partial charge in [0.25, 0.3) is 0 Å². The Labute approximate surface area is 204 Å². The minimum Gasteiger partial charge on any atom is -0.383 e. The molecule has 0 radical (unpaired) electrons. The van der Waals surface area contributed by atoms with Gasteiger partial charge in [-0.1, -0.05) is 26.0 Å². The summed E-state index contributed by atoms with van der Waals surface area (Å²) in [6.07, 6.45) is 2.18. The minimum absolute atomic E-state index is 0. The summed E-state index contributed by atoms with van der Waals surface area (Å²) in [6.45, 7) is 8.93. The molecular formula is C21H38IN5O3S. The van der Waals surface area contributed by atoms with Gasteiger partial charge < -0.3 is 20.3 Å². The summed E-state index contributed by atoms with van der Waals surface area (Å²) in [5, 5.41) is 6.79. The fraction of sp³-hybridized carbons (Fsp3) is 0.667. The summed E-state index contributed by atoms with van der Waals surface area (Å²) in [5.41, 5.74) is 0.874. The van der Waals surface area contributed by atoms with E-state index in [4.69, 9.17) is 4.74 Å². The van der Waals surface area contributed by atoms with Crippen molar-refractivity contribution in [2.45, 2.75) is 44.2 Å². The van der Waals surface area contributed by atoms with Crippen LogP contribution in [-0.4, -0.2) is 72.3 Å². The molecule has 2 rings (SSSR count). The van der Waals surface area contributed by atoms with E-state index in [1.54, 1.807) is 25.2 Å². The molecule has 0 spiro atoms. The van der Waals surface area contributed by atoms with Crippen molar-refractivity contribution in [3.05, 3.63) is 29.8 Å². The number of hydrogen-bond acceptors (Lipinski definition) is 5. The van der Waals surface area contributed by atoms with Crippen LogP contribution in [-0.2, 0) is 21.3 Å². The number of piperidine rings is 1. The number of aliphatic imine (C=N–C) groups is 1. The quantitative estimate of drug-likeness (QED) is 0.173. The Morgan fingerprint density at radius 2 is 2.00 bits per heavy atom. The highest BCUT2D eigenvalue weighted by atomic mass is 127. The van der Waals surface area contributed by atoms with E-state index in [1.165, 1.54) is 7.11 Å². The second kappa shape index (κ2) is 14.2. The van der Waals surface area contributed by atoms with Gasteiger partial charge >= 0.3 is 0 Å². The van der Waals surface area contributed by atoms with E-state index in [9.17, 15) is 8.42 Å². The molecular weight excluding hydrogens is 529 g/mol. The van der Waals surface area contributed by atoms with E-state index >= 15 is 0 Å². The summed E-state index contributed by atoms with van der Waals surface area (Å²) in [4.78, 5) is 7.09. The summed E-state index contributed by atoms with van der Waals surface area (Å²) >= 11 is 0. The highest BCUT2D eigenvalue weighted by Gasteiger charge is 2.20. The number of guanidine groups is 1. The number of sulfonamides is 1. The van der Waals surface area contributed by atoms with Crippen molar-refractivity contribution < 1.29 is 13.2 Å². The second-order valence-corrected chi connectivity index (χ2v) is 9.84. The molecule has 0 bridgehead atoms. The molecule has 1 aromatic rings. The van der Waals surface area contributed by atoms with Gasteiger partial charge in [0.2, 0.25) is 10.0 Å². The van der Waals surface area contributed by atoms with E-state index in [2.05, 4.69) is 39.1 Å². The van der Waals surface area contributed by atoms with Gasteiger partial charge in [0.05, 0.1) is 11.5 Å². The van der Waals surface area contributed by atoms with Gasteiger partial charge in [-0.3, -0.25) is 4.99 Å². The predicted octanol–water partition coefficient (Wildman–Crippen LogP) is 2.01. The number of rotatable bonds is 10. The van der Waals surface area contributed by atoms with E-state index in [1.807, 2.05) is 6.07 Å². The van der Waals surface area contributed by atoms with E-state index in [0.29, 0.717) is 25.1 Å². The van der Waals surface area contributed by atoms with Crippen molar-refractivity contribution in [2.75, 3.05) is 46.9 Å². The van der Waals surface area contributed by atoms with Crippen molar-refractivity contribution in [1.82, 2.24) is 20.3 Å². The first kappa shape index (κ1) is 28.1. The third-order valence-corrected chi connectivity index (χ3v) is 6.50. The lowest BCUT2D eigenvalue weighted by molar-refractivity contribution is 0.187. The zero-order chi connectivity index (χ0) is 22.0. The van der Waals surface area contributed by atoms with Crippen LogP contribution in [0.2, 0.25) is 0 Å². The zero-order valence-electron chi connectivity index (χ0n) is 19.1. The third kappa shape index (κ3) is 10.0. The Morgan fingerprint density at radius 3 is 2.61 bits per heavy atom. The lowest BCUT2D eigenvalue weighted by Gasteiger charge is -2.34.